The molecule has 0 saturated carbocycles. The molecule has 0 radical (unpaired) electrons. The van der Waals surface area contributed by atoms with Gasteiger partial charge in [-0.1, -0.05) is 13.8 Å². The van der Waals surface area contributed by atoms with E-state index in [1.165, 1.54) is 30.7 Å². The molecule has 3 aromatic rings. The first-order valence-electron chi connectivity index (χ1n) is 10.3. The molecular weight excluding hydrogens is 421 g/mol. The maximum Gasteiger partial charge on any atom is 0.418 e. The van der Waals surface area contributed by atoms with Gasteiger partial charge in [-0.05, 0) is 42.5 Å². The molecule has 0 bridgehead atoms. The predicted octanol–water partition coefficient (Wildman–Crippen LogP) is 4.82. The van der Waals surface area contributed by atoms with Crippen molar-refractivity contribution in [2.24, 2.45) is 5.41 Å². The lowest BCUT2D eigenvalue weighted by atomic mass is 9.84. The van der Waals surface area contributed by atoms with Gasteiger partial charge in [-0.3, -0.25) is 14.6 Å². The van der Waals surface area contributed by atoms with Gasteiger partial charge in [0.25, 0.3) is 5.91 Å². The third-order valence-corrected chi connectivity index (χ3v) is 5.75. The summed E-state index contributed by atoms with van der Waals surface area (Å²) in [6, 6.07) is 5.33. The Labute approximate surface area is 182 Å². The third kappa shape index (κ3) is 4.32. The van der Waals surface area contributed by atoms with Crippen LogP contribution in [0.3, 0.4) is 0 Å². The number of nitrogens with one attached hydrogen (secondary N) is 2. The highest BCUT2D eigenvalue weighted by molar-refractivity contribution is 6.06. The molecule has 0 spiro atoms. The van der Waals surface area contributed by atoms with Gasteiger partial charge in [0.1, 0.15) is 5.56 Å². The number of hydrogen-bond donors (Lipinski definition) is 2. The van der Waals surface area contributed by atoms with Crippen molar-refractivity contribution in [3.8, 4) is 0 Å². The highest BCUT2D eigenvalue weighted by Gasteiger charge is 2.36. The van der Waals surface area contributed by atoms with Crippen molar-refractivity contribution in [1.29, 1.82) is 0 Å². The van der Waals surface area contributed by atoms with Crippen LogP contribution < -0.4 is 15.6 Å². The van der Waals surface area contributed by atoms with E-state index in [2.05, 4.69) is 29.1 Å². The predicted molar refractivity (Wildman–Crippen MR) is 117 cm³/mol. The summed E-state index contributed by atoms with van der Waals surface area (Å²) in [5.74, 6) is -0.915. The van der Waals surface area contributed by atoms with Crippen LogP contribution in [0.5, 0.6) is 0 Å². The van der Waals surface area contributed by atoms with Crippen LogP contribution in [0.25, 0.3) is 10.9 Å². The topological polar surface area (TPSA) is 78.1 Å². The van der Waals surface area contributed by atoms with Crippen molar-refractivity contribution in [2.45, 2.75) is 32.9 Å². The summed E-state index contributed by atoms with van der Waals surface area (Å²) >= 11 is 0. The average Bonchev–Trinajstić information content (AvgIpc) is 2.73. The Morgan fingerprint density at radius 1 is 1.25 bits per heavy atom. The molecule has 6 nitrogen and oxygen atoms in total. The minimum absolute atomic E-state index is 0.0101. The summed E-state index contributed by atoms with van der Waals surface area (Å²) in [5, 5.41) is 2.50. The first kappa shape index (κ1) is 21.9. The normalized spacial score (nSPS) is 16.2. The van der Waals surface area contributed by atoms with Gasteiger partial charge in [-0.15, -0.1) is 0 Å². The molecule has 0 aliphatic carbocycles. The number of H-pyrrole nitrogens is 1. The molecule has 1 fully saturated rings. The molecular formula is C23H23F3N4O2. The largest absolute Gasteiger partial charge is 0.418 e. The number of fused-ring (bicyclic) bond motifs is 1. The number of benzene rings is 1. The summed E-state index contributed by atoms with van der Waals surface area (Å²) < 4.78 is 41.5. The number of pyridine rings is 2. The molecule has 4 rings (SSSR count). The number of hydrogen-bond acceptors (Lipinski definition) is 4. The Bertz CT molecular complexity index is 1230. The van der Waals surface area contributed by atoms with Crippen LogP contribution in [-0.4, -0.2) is 29.0 Å². The standard InChI is InChI=1S/C23H23F3N4O2/c1-22(2)7-3-9-30(13-22)14-4-5-18(17(10-14)23(24,25)26)29-21(32)16-11-28-19-12-27-8-6-15(19)20(16)31/h4-6,8,10-12H,3,7,9,13H2,1-2H3,(H,28,31)(H,29,32). The van der Waals surface area contributed by atoms with Crippen LogP contribution in [0.2, 0.25) is 0 Å². The highest BCUT2D eigenvalue weighted by Crippen LogP contribution is 2.39. The van der Waals surface area contributed by atoms with E-state index in [0.717, 1.165) is 18.9 Å². The van der Waals surface area contributed by atoms with Crippen LogP contribution in [-0.2, 0) is 6.18 Å². The number of rotatable bonds is 3. The van der Waals surface area contributed by atoms with Gasteiger partial charge in [-0.2, -0.15) is 13.2 Å². The van der Waals surface area contributed by atoms with E-state index in [1.54, 1.807) is 6.07 Å². The van der Waals surface area contributed by atoms with Crippen molar-refractivity contribution in [1.82, 2.24) is 9.97 Å². The van der Waals surface area contributed by atoms with Crippen molar-refractivity contribution in [2.75, 3.05) is 23.3 Å². The van der Waals surface area contributed by atoms with E-state index in [0.29, 0.717) is 24.3 Å². The van der Waals surface area contributed by atoms with Crippen molar-refractivity contribution in [3.63, 3.8) is 0 Å². The molecule has 2 N–H and O–H groups in total. The number of amides is 1. The van der Waals surface area contributed by atoms with Crippen molar-refractivity contribution < 1.29 is 18.0 Å². The Hall–Kier alpha value is -3.36. The average molecular weight is 444 g/mol. The number of carbonyl (C=O) groups excluding carboxylic acids is 1. The summed E-state index contributed by atoms with van der Waals surface area (Å²) in [5.41, 5.74) is -1.31. The van der Waals surface area contributed by atoms with Crippen LogP contribution in [0.4, 0.5) is 24.5 Å². The van der Waals surface area contributed by atoms with Crippen LogP contribution in [0.1, 0.15) is 42.6 Å². The lowest BCUT2D eigenvalue weighted by Gasteiger charge is -2.39. The lowest BCUT2D eigenvalue weighted by Crippen LogP contribution is -2.40. The van der Waals surface area contributed by atoms with Crippen molar-refractivity contribution >= 4 is 28.2 Å². The lowest BCUT2D eigenvalue weighted by molar-refractivity contribution is -0.136. The monoisotopic (exact) mass is 444 g/mol. The summed E-state index contributed by atoms with van der Waals surface area (Å²) in [6.07, 6.45) is 1.25. The zero-order valence-corrected chi connectivity index (χ0v) is 17.7. The number of aromatic amines is 1. The molecule has 1 aliphatic rings. The van der Waals surface area contributed by atoms with Gasteiger partial charge in [0.05, 0.1) is 23.0 Å². The molecule has 9 heteroatoms. The maximum absolute atomic E-state index is 13.8. The molecule has 0 unspecified atom stereocenters. The molecule has 168 valence electrons. The zero-order chi connectivity index (χ0) is 23.1. The fraction of sp³-hybridized carbons (Fsp3) is 0.348. The Kier molecular flexibility index (Phi) is 5.44. The van der Waals surface area contributed by atoms with Gasteiger partial charge in [0, 0.05) is 36.6 Å². The van der Waals surface area contributed by atoms with Gasteiger partial charge < -0.3 is 15.2 Å². The van der Waals surface area contributed by atoms with E-state index >= 15 is 0 Å². The zero-order valence-electron chi connectivity index (χ0n) is 17.7. The molecule has 1 amide bonds. The molecule has 0 atom stereocenters. The number of carbonyl (C=O) groups is 1. The molecule has 1 aliphatic heterocycles. The smallest absolute Gasteiger partial charge is 0.371 e. The number of halogens is 3. The number of anilines is 2. The second-order valence-corrected chi connectivity index (χ2v) is 8.82. The van der Waals surface area contributed by atoms with E-state index in [4.69, 9.17) is 0 Å². The Morgan fingerprint density at radius 2 is 2.03 bits per heavy atom. The summed E-state index contributed by atoms with van der Waals surface area (Å²) in [7, 11) is 0. The van der Waals surface area contributed by atoms with Crippen LogP contribution in [0, 0.1) is 5.41 Å². The van der Waals surface area contributed by atoms with Gasteiger partial charge in [0.2, 0.25) is 5.43 Å². The minimum Gasteiger partial charge on any atom is -0.371 e. The third-order valence-electron chi connectivity index (χ3n) is 5.75. The van der Waals surface area contributed by atoms with Gasteiger partial charge in [-0.25, -0.2) is 0 Å². The Morgan fingerprint density at radius 3 is 2.75 bits per heavy atom. The SMILES string of the molecule is CC1(C)CCCN(c2ccc(NC(=O)c3c[nH]c4cnccc4c3=O)c(C(F)(F)F)c2)C1. The van der Waals surface area contributed by atoms with E-state index in [-0.39, 0.29) is 16.4 Å². The fourth-order valence-electron chi connectivity index (χ4n) is 4.14. The highest BCUT2D eigenvalue weighted by atomic mass is 19.4. The summed E-state index contributed by atoms with van der Waals surface area (Å²) in [6.45, 7) is 5.51. The maximum atomic E-state index is 13.8. The van der Waals surface area contributed by atoms with E-state index < -0.39 is 28.8 Å². The number of aromatic nitrogens is 2. The first-order chi connectivity index (χ1) is 15.0. The van der Waals surface area contributed by atoms with Crippen LogP contribution in [0.15, 0.2) is 47.7 Å². The second-order valence-electron chi connectivity index (χ2n) is 8.82. The molecule has 1 saturated heterocycles. The van der Waals surface area contributed by atoms with E-state index in [1.807, 2.05) is 4.90 Å². The van der Waals surface area contributed by atoms with Crippen molar-refractivity contribution in [3.05, 3.63) is 64.2 Å². The number of alkyl halides is 3. The summed E-state index contributed by atoms with van der Waals surface area (Å²) in [4.78, 5) is 33.9. The second kappa shape index (κ2) is 7.96. The van der Waals surface area contributed by atoms with Crippen LogP contribution >= 0.6 is 0 Å². The number of piperidine rings is 1. The number of nitrogens with zero attached hydrogens (tertiary/aromatic N) is 2. The molecule has 3 heterocycles. The van der Waals surface area contributed by atoms with Gasteiger partial charge >= 0.3 is 6.18 Å². The minimum atomic E-state index is -4.68. The quantitative estimate of drug-likeness (QED) is 0.607. The molecule has 32 heavy (non-hydrogen) atoms. The molecule has 1 aromatic carbocycles. The molecule has 2 aromatic heterocycles. The van der Waals surface area contributed by atoms with Gasteiger partial charge in [0.15, 0.2) is 0 Å². The first-order valence-corrected chi connectivity index (χ1v) is 10.3. The fourth-order valence-corrected chi connectivity index (χ4v) is 4.14. The van der Waals surface area contributed by atoms with E-state index in [9.17, 15) is 22.8 Å². The Balaban J connectivity index is 1.67.